The third-order valence-electron chi connectivity index (χ3n) is 20.9. The first-order chi connectivity index (χ1) is 62.5. The number of hydrogen-bond donors (Lipinski definition) is 4. The number of aromatic hydroxyl groups is 1. The van der Waals surface area contributed by atoms with Gasteiger partial charge in [0.1, 0.15) is 61.8 Å². The average Bonchev–Trinajstić information content (AvgIpc) is 1.61. The van der Waals surface area contributed by atoms with E-state index in [2.05, 4.69) is 71.0 Å². The van der Waals surface area contributed by atoms with Crippen LogP contribution >= 0.6 is 34.8 Å². The molecule has 4 N–H and O–H groups in total. The van der Waals surface area contributed by atoms with Crippen LogP contribution in [-0.2, 0) is 52.5 Å². The third kappa shape index (κ3) is 33.2. The molecule has 3 aromatic carbocycles. The predicted octanol–water partition coefficient (Wildman–Crippen LogP) is 9.39. The first-order valence-electron chi connectivity index (χ1n) is 42.9. The fraction of sp³-hybridized carbons (Fsp3) is 0.467. The molecule has 3 unspecified atom stereocenters. The van der Waals surface area contributed by atoms with E-state index in [1.54, 1.807) is 94.0 Å². The van der Waals surface area contributed by atoms with Crippen LogP contribution in [-0.4, -0.2) is 229 Å². The SMILES string of the molecule is C#C.C=CC.C=CC(=O)N1CCCC[C@@H](n2c(NC(=O)c3ccnc(C)c3)nc3ccc(OC4CCOC4)c(Cl)c32)C1.CS(=O)(=O)OC1CCOC1.Cc1cc(C(=O)Nc2nc3ccc(O)c(Cl)c3n2[C@@H]2CCCCN(C(=O)OC(C)(C)C)C2)ccn1.Cc1cc(C(=O)Nc2nc3ccc(OC4CCOC4)c(Cl)c3n2[C@@H]2CCCCN(C(=O)OC(C)(C)C)C2)ccn1.O=CO[O-].[Cs+].[Cs+].[H-]. The number of allylic oxidation sites excluding steroid dienone is 1. The molecule has 6 amide bonds. The third-order valence-corrected chi connectivity index (χ3v) is 22.6. The Labute approximate surface area is 909 Å². The van der Waals surface area contributed by atoms with Gasteiger partial charge in [0.25, 0.3) is 34.3 Å². The molecule has 0 bridgehead atoms. The molecule has 12 heterocycles. The van der Waals surface area contributed by atoms with E-state index < -0.39 is 21.3 Å². The summed E-state index contributed by atoms with van der Waals surface area (Å²) in [4.78, 5) is 121. The van der Waals surface area contributed by atoms with Crippen molar-refractivity contribution in [2.75, 3.05) is 101 Å². The molecule has 6 fully saturated rings. The largest absolute Gasteiger partial charge is 1.00 e. The zero-order valence-corrected chi connectivity index (χ0v) is 93.2. The Hall–Kier alpha value is -7.43. The summed E-state index contributed by atoms with van der Waals surface area (Å²) in [6.07, 6.45) is 25.5. The average molecular weight is 2160 g/mol. The van der Waals surface area contributed by atoms with Crippen molar-refractivity contribution in [2.45, 2.75) is 194 Å². The number of nitrogens with one attached hydrogen (secondary N) is 3. The van der Waals surface area contributed by atoms with Crippen molar-refractivity contribution in [3.8, 4) is 30.1 Å². The van der Waals surface area contributed by atoms with Crippen LogP contribution in [0.5, 0.6) is 17.2 Å². The molecule has 15 rings (SSSR count). The fourth-order valence-electron chi connectivity index (χ4n) is 15.2. The second-order valence-corrected chi connectivity index (χ2v) is 36.2. The number of aromatic nitrogens is 9. The van der Waals surface area contributed by atoms with E-state index in [9.17, 15) is 42.3 Å². The van der Waals surface area contributed by atoms with Gasteiger partial charge in [-0.3, -0.25) is 59.1 Å². The van der Waals surface area contributed by atoms with Crippen molar-refractivity contribution in [2.24, 2.45) is 0 Å². The summed E-state index contributed by atoms with van der Waals surface area (Å²) in [7, 11) is -3.29. The normalized spacial score (nSPS) is 18.2. The van der Waals surface area contributed by atoms with Crippen LogP contribution < -0.4 is 168 Å². The van der Waals surface area contributed by atoms with Gasteiger partial charge < -0.3 is 78.2 Å². The van der Waals surface area contributed by atoms with Crippen molar-refractivity contribution in [3.05, 3.63) is 166 Å². The predicted molar refractivity (Wildman–Crippen MR) is 497 cm³/mol. The number of anilines is 3. The number of pyridine rings is 3. The van der Waals surface area contributed by atoms with Crippen LogP contribution in [0.2, 0.25) is 15.1 Å². The van der Waals surface area contributed by atoms with Gasteiger partial charge in [-0.15, -0.1) is 19.4 Å². The number of rotatable bonds is 17. The summed E-state index contributed by atoms with van der Waals surface area (Å²) in [6.45, 7) is 31.6. The number of likely N-dealkylation sites (tertiary alicyclic amines) is 3. The maximum Gasteiger partial charge on any atom is 1.00 e. The molecule has 35 nitrogen and oxygen atoms in total. The Balaban J connectivity index is 0.000000278. The minimum atomic E-state index is -3.29. The molecule has 0 spiro atoms. The summed E-state index contributed by atoms with van der Waals surface area (Å²) in [5.41, 5.74) is 5.96. The van der Waals surface area contributed by atoms with E-state index in [-0.39, 0.29) is 229 Å². The van der Waals surface area contributed by atoms with Gasteiger partial charge >= 0.3 is 150 Å². The van der Waals surface area contributed by atoms with Gasteiger partial charge in [0, 0.05) is 118 Å². The van der Waals surface area contributed by atoms with Crippen molar-refractivity contribution < 1.29 is 234 Å². The van der Waals surface area contributed by atoms with Crippen LogP contribution in [0, 0.1) is 33.6 Å². The van der Waals surface area contributed by atoms with Crippen molar-refractivity contribution >= 4 is 138 Å². The number of amides is 6. The smallest absolute Gasteiger partial charge is 1.00 e. The van der Waals surface area contributed by atoms with Gasteiger partial charge in [-0.2, -0.15) is 8.42 Å². The number of ether oxygens (including phenoxy) is 7. The molecule has 0 radical (unpaired) electrons. The number of phenolic OH excluding ortho intramolecular Hbond substituents is 1. The quantitative estimate of drug-likeness (QED) is 0.0125. The molecule has 133 heavy (non-hydrogen) atoms. The van der Waals surface area contributed by atoms with Gasteiger partial charge in [-0.1, -0.05) is 47.5 Å². The van der Waals surface area contributed by atoms with E-state index in [0.717, 1.165) is 94.0 Å². The number of carbonyl (C=O) groups excluding carboxylic acids is 7. The Morgan fingerprint density at radius 1 is 0.534 bits per heavy atom. The molecule has 9 aromatic rings. The van der Waals surface area contributed by atoms with Crippen molar-refractivity contribution in [1.29, 1.82) is 0 Å². The minimum Gasteiger partial charge on any atom is -1.00 e. The Morgan fingerprint density at radius 2 is 0.857 bits per heavy atom. The molecule has 41 heteroatoms. The molecule has 0 saturated carbocycles. The maximum absolute atomic E-state index is 13.3. The van der Waals surface area contributed by atoms with E-state index >= 15 is 0 Å². The van der Waals surface area contributed by atoms with E-state index in [4.69, 9.17) is 88.0 Å². The molecule has 6 aromatic heterocycles. The fourth-order valence-corrected chi connectivity index (χ4v) is 16.7. The molecular formula is C92H116Cl3Cs2N15O20S. The summed E-state index contributed by atoms with van der Waals surface area (Å²) in [5.74, 6) is 0.941. The van der Waals surface area contributed by atoms with Crippen LogP contribution in [0.4, 0.5) is 27.4 Å². The number of nitrogens with zero attached hydrogens (tertiary/aromatic N) is 12. The molecule has 6 aliphatic rings. The zero-order valence-electron chi connectivity index (χ0n) is 78.5. The number of fused-ring (bicyclic) bond motifs is 3. The molecule has 6 aliphatic heterocycles. The first kappa shape index (κ1) is 113. The maximum atomic E-state index is 13.3. The summed E-state index contributed by atoms with van der Waals surface area (Å²) < 4.78 is 70.9. The first-order valence-corrected chi connectivity index (χ1v) is 45.9. The van der Waals surface area contributed by atoms with Gasteiger partial charge in [0.05, 0.1) is 90.5 Å². The second-order valence-electron chi connectivity index (χ2n) is 33.5. The Bertz CT molecular complexity index is 5620. The van der Waals surface area contributed by atoms with Gasteiger partial charge in [0.2, 0.25) is 23.8 Å². The summed E-state index contributed by atoms with van der Waals surface area (Å²) in [6, 6.07) is 19.9. The number of aryl methyl sites for hydroxylation is 3. The number of phenols is 1. The zero-order chi connectivity index (χ0) is 95.4. The van der Waals surface area contributed by atoms with Gasteiger partial charge in [-0.25, -0.2) is 24.5 Å². The molecule has 0 aliphatic carbocycles. The van der Waals surface area contributed by atoms with Crippen LogP contribution in [0.1, 0.15) is 193 Å². The van der Waals surface area contributed by atoms with E-state index in [0.29, 0.717) is 175 Å². The Kier molecular flexibility index (Phi) is 45.8. The standard InChI is InChI=1S/C29H36ClN5O5.C27H30ClN5O4.C25H30ClN5O4.C5H10O4S.C3H6.C2H2.CH2O3.2Cs.H/c1-18-15-19(10-12-31-18)26(36)33-27-32-22-8-9-23(39-21-11-14-38-17-21)24(30)25(22)35(27)20-7-5-6-13-34(16-20)28(37)40-29(2,3)4;1-3-23(34)32-12-5-4-6-19(15-32)33-25-21(7-8-22(24(25)28)37-20-10-13-36-16-20)30-27(33)31-26(35)18-9-11-29-17(2)14-18;1-15-13-16(10-11-27-15)22(33)29-23-28-18-8-9-19(32)20(26)21(18)31(23)17-7-5-6-12-30(14-17)24(34)35-25(2,3)4;1-10(6,7)9-5-2-3-8-4-5;1-3-2;1-2;2-1-4-3;;;/h8-10,12,15,20-21H,5-7,11,13-14,16-17H2,1-4H3,(H,32,33,36);3,7-9,11,14,19-20H,1,4-6,10,12-13,15-16H2,2H3,(H,30,31,35);8-11,13,17,32H,5-7,12,14H2,1-4H3,(H,28,29,33);5H,2-4H2,1H3;3H,1H2,2H3;1-2H;1,3H;;;/q;;;;;;;2*+1;-1/p-1/t20-,21?;19-,20?;17-;;;;;;;/m111......./s1. The number of carbonyl (C=O) groups is 7. The molecule has 6 atom stereocenters. The number of benzene rings is 3. The monoisotopic (exact) mass is 2150 g/mol. The van der Waals surface area contributed by atoms with E-state index in [1.165, 1.54) is 12.1 Å². The number of halogens is 3. The Morgan fingerprint density at radius 3 is 1.17 bits per heavy atom. The van der Waals surface area contributed by atoms with Gasteiger partial charge in [-0.05, 0) is 206 Å². The molecular weight excluding hydrogens is 2040 g/mol. The van der Waals surface area contributed by atoms with Crippen molar-refractivity contribution in [3.63, 3.8) is 0 Å². The number of imidazole rings is 3. The van der Waals surface area contributed by atoms with Crippen molar-refractivity contribution in [1.82, 2.24) is 58.3 Å². The van der Waals surface area contributed by atoms with Crippen LogP contribution in [0.15, 0.2) is 117 Å². The summed E-state index contributed by atoms with van der Waals surface area (Å²) in [5, 5.41) is 28.6. The topological polar surface area (TPSA) is 418 Å². The van der Waals surface area contributed by atoms with Gasteiger partial charge in [0.15, 0.2) is 0 Å². The van der Waals surface area contributed by atoms with Crippen LogP contribution in [0.3, 0.4) is 0 Å². The molecule has 708 valence electrons. The minimum absolute atomic E-state index is 0. The summed E-state index contributed by atoms with van der Waals surface area (Å²) >= 11 is 20.5. The number of hydrogen-bond acceptors (Lipinski definition) is 26. The van der Waals surface area contributed by atoms with E-state index in [1.807, 2.05) is 95.1 Å². The second kappa shape index (κ2) is 54.1. The number of terminal acetylenes is 1. The molecule has 6 saturated heterocycles. The van der Waals surface area contributed by atoms with Crippen LogP contribution in [0.25, 0.3) is 33.1 Å².